The molecule has 0 spiro atoms. The van der Waals surface area contributed by atoms with Crippen molar-refractivity contribution >= 4 is 45.3 Å². The molecule has 0 saturated carbocycles. The van der Waals surface area contributed by atoms with Crippen LogP contribution in [0.5, 0.6) is 0 Å². The van der Waals surface area contributed by atoms with Crippen molar-refractivity contribution in [1.29, 1.82) is 5.26 Å². The van der Waals surface area contributed by atoms with Crippen LogP contribution in [0.4, 0.5) is 10.7 Å². The highest BCUT2D eigenvalue weighted by atomic mass is 32.1. The van der Waals surface area contributed by atoms with E-state index in [2.05, 4.69) is 37.5 Å². The van der Waals surface area contributed by atoms with Crippen LogP contribution in [0.15, 0.2) is 24.3 Å². The molecule has 0 radical (unpaired) electrons. The number of carbonyl (C=O) groups is 1. The van der Waals surface area contributed by atoms with Gasteiger partial charge in [-0.1, -0.05) is 32.9 Å². The van der Waals surface area contributed by atoms with Crippen LogP contribution in [0, 0.1) is 32.8 Å². The summed E-state index contributed by atoms with van der Waals surface area (Å²) in [5, 5.41) is 26.8. The van der Waals surface area contributed by atoms with Crippen LogP contribution in [0.25, 0.3) is 0 Å². The molecule has 9 heteroatoms. The Morgan fingerprint density at radius 1 is 1.37 bits per heavy atom. The number of nitro benzene ring substituents is 1. The minimum absolute atomic E-state index is 0.000573. The van der Waals surface area contributed by atoms with Crippen LogP contribution in [0.1, 0.15) is 53.6 Å². The number of fused-ring (bicyclic) bond motifs is 1. The van der Waals surface area contributed by atoms with Gasteiger partial charge in [-0.15, -0.1) is 11.3 Å². The fraction of sp³-hybridized carbons (Fsp3) is 0.381. The van der Waals surface area contributed by atoms with Crippen LogP contribution in [-0.2, 0) is 12.8 Å². The van der Waals surface area contributed by atoms with Gasteiger partial charge in [-0.05, 0) is 54.4 Å². The molecule has 1 amide bonds. The number of nitrogens with zero attached hydrogens (tertiary/aromatic N) is 2. The number of thiophene rings is 1. The largest absolute Gasteiger partial charge is 0.323 e. The number of nitriles is 1. The van der Waals surface area contributed by atoms with Crippen LogP contribution in [0.3, 0.4) is 0 Å². The number of hydrogen-bond acceptors (Lipinski definition) is 6. The summed E-state index contributed by atoms with van der Waals surface area (Å²) in [6.45, 7) is 6.69. The lowest BCUT2D eigenvalue weighted by atomic mass is 9.72. The van der Waals surface area contributed by atoms with Gasteiger partial charge in [-0.3, -0.25) is 20.2 Å². The minimum Gasteiger partial charge on any atom is -0.323 e. The third-order valence-corrected chi connectivity index (χ3v) is 6.78. The Kier molecular flexibility index (Phi) is 6.19. The van der Waals surface area contributed by atoms with E-state index in [4.69, 9.17) is 12.2 Å². The Morgan fingerprint density at radius 3 is 2.70 bits per heavy atom. The van der Waals surface area contributed by atoms with E-state index >= 15 is 0 Å². The van der Waals surface area contributed by atoms with Gasteiger partial charge in [0.1, 0.15) is 16.6 Å². The first-order chi connectivity index (χ1) is 14.1. The number of anilines is 1. The van der Waals surface area contributed by atoms with Gasteiger partial charge in [0.25, 0.3) is 11.6 Å². The van der Waals surface area contributed by atoms with Gasteiger partial charge in [-0.25, -0.2) is 0 Å². The summed E-state index contributed by atoms with van der Waals surface area (Å²) in [5.41, 5.74) is 1.43. The van der Waals surface area contributed by atoms with Gasteiger partial charge in [-0.2, -0.15) is 5.26 Å². The Balaban J connectivity index is 1.77. The summed E-state index contributed by atoms with van der Waals surface area (Å²) in [6, 6.07) is 7.93. The number of rotatable bonds is 3. The Morgan fingerprint density at radius 2 is 2.07 bits per heavy atom. The van der Waals surface area contributed by atoms with E-state index in [9.17, 15) is 20.2 Å². The van der Waals surface area contributed by atoms with E-state index in [1.165, 1.54) is 34.4 Å². The second-order valence-corrected chi connectivity index (χ2v) is 9.82. The average Bonchev–Trinajstić information content (AvgIpc) is 3.02. The van der Waals surface area contributed by atoms with E-state index in [0.29, 0.717) is 16.5 Å². The molecular formula is C21H22N4O3S2. The molecule has 1 aromatic heterocycles. The van der Waals surface area contributed by atoms with Gasteiger partial charge in [0.05, 0.1) is 10.5 Å². The van der Waals surface area contributed by atoms with E-state index in [-0.39, 0.29) is 21.8 Å². The maximum atomic E-state index is 12.5. The highest BCUT2D eigenvalue weighted by molar-refractivity contribution is 7.80. The second kappa shape index (κ2) is 8.50. The van der Waals surface area contributed by atoms with E-state index in [1.54, 1.807) is 6.07 Å². The maximum Gasteiger partial charge on any atom is 0.282 e. The molecule has 7 nitrogen and oxygen atoms in total. The first kappa shape index (κ1) is 21.9. The molecule has 1 atom stereocenters. The van der Waals surface area contributed by atoms with Crippen molar-refractivity contribution in [3.63, 3.8) is 0 Å². The fourth-order valence-electron chi connectivity index (χ4n) is 3.66. The Labute approximate surface area is 184 Å². The predicted octanol–water partition coefficient (Wildman–Crippen LogP) is 4.81. The molecule has 1 unspecified atom stereocenters. The number of amides is 1. The van der Waals surface area contributed by atoms with Gasteiger partial charge < -0.3 is 5.32 Å². The maximum absolute atomic E-state index is 12.5. The zero-order valence-corrected chi connectivity index (χ0v) is 18.6. The van der Waals surface area contributed by atoms with E-state index < -0.39 is 10.8 Å². The van der Waals surface area contributed by atoms with E-state index in [0.717, 1.165) is 24.8 Å². The van der Waals surface area contributed by atoms with Crippen molar-refractivity contribution in [1.82, 2.24) is 5.32 Å². The highest BCUT2D eigenvalue weighted by Crippen LogP contribution is 2.43. The van der Waals surface area contributed by atoms with Crippen molar-refractivity contribution in [2.75, 3.05) is 5.32 Å². The van der Waals surface area contributed by atoms with Crippen molar-refractivity contribution in [2.24, 2.45) is 11.3 Å². The molecular weight excluding hydrogens is 420 g/mol. The predicted molar refractivity (Wildman–Crippen MR) is 121 cm³/mol. The first-order valence-corrected chi connectivity index (χ1v) is 10.7. The van der Waals surface area contributed by atoms with Crippen LogP contribution < -0.4 is 10.6 Å². The third-order valence-electron chi connectivity index (χ3n) is 5.40. The fourth-order valence-corrected chi connectivity index (χ4v) is 5.20. The van der Waals surface area contributed by atoms with Crippen molar-refractivity contribution in [3.05, 3.63) is 55.9 Å². The first-order valence-electron chi connectivity index (χ1n) is 9.52. The lowest BCUT2D eigenvalue weighted by molar-refractivity contribution is -0.385. The lowest BCUT2D eigenvalue weighted by Crippen LogP contribution is -2.34. The normalized spacial score (nSPS) is 15.6. The molecule has 0 aliphatic heterocycles. The Hall–Kier alpha value is -2.83. The smallest absolute Gasteiger partial charge is 0.282 e. The quantitative estimate of drug-likeness (QED) is 0.401. The molecule has 1 aromatic carbocycles. The lowest BCUT2D eigenvalue weighted by Gasteiger charge is -2.33. The van der Waals surface area contributed by atoms with Crippen LogP contribution >= 0.6 is 23.6 Å². The molecule has 30 heavy (non-hydrogen) atoms. The van der Waals surface area contributed by atoms with E-state index in [1.807, 2.05) is 0 Å². The number of benzene rings is 1. The molecule has 0 fully saturated rings. The van der Waals surface area contributed by atoms with Crippen molar-refractivity contribution in [2.45, 2.75) is 40.0 Å². The topological polar surface area (TPSA) is 108 Å². The summed E-state index contributed by atoms with van der Waals surface area (Å²) < 4.78 is 0. The standard InChI is InChI=1S/C21H22N4O3S2/c1-21(2,3)12-8-9-13-15(11-22)19(30-17(13)10-12)24-20(29)23-18(26)14-6-4-5-7-16(14)25(27)28/h4-7,12H,8-10H2,1-3H3,(H2,23,24,26,29). The SMILES string of the molecule is CC(C)(C)C1CCc2c(sc(NC(=S)NC(=O)c3ccccc3[N+](=O)[O-])c2C#N)C1. The number of carbonyl (C=O) groups excluding carboxylic acids is 1. The zero-order valence-electron chi connectivity index (χ0n) is 16.9. The summed E-state index contributed by atoms with van der Waals surface area (Å²) in [7, 11) is 0. The molecule has 0 saturated heterocycles. The van der Waals surface area contributed by atoms with Crippen LogP contribution in [-0.4, -0.2) is 15.9 Å². The van der Waals surface area contributed by atoms with Gasteiger partial charge in [0.15, 0.2) is 5.11 Å². The highest BCUT2D eigenvalue weighted by Gasteiger charge is 2.32. The van der Waals surface area contributed by atoms with Gasteiger partial charge >= 0.3 is 0 Å². The summed E-state index contributed by atoms with van der Waals surface area (Å²) in [4.78, 5) is 24.2. The molecule has 2 aromatic rings. The molecule has 2 N–H and O–H groups in total. The monoisotopic (exact) mass is 442 g/mol. The minimum atomic E-state index is -0.674. The number of thiocarbonyl (C=S) groups is 1. The summed E-state index contributed by atoms with van der Waals surface area (Å²) in [5.74, 6) is -0.138. The van der Waals surface area contributed by atoms with Gasteiger partial charge in [0.2, 0.25) is 0 Å². The average molecular weight is 443 g/mol. The number of nitrogens with one attached hydrogen (secondary N) is 2. The second-order valence-electron chi connectivity index (χ2n) is 8.31. The molecule has 156 valence electrons. The molecule has 0 bridgehead atoms. The van der Waals surface area contributed by atoms with Crippen molar-refractivity contribution in [3.8, 4) is 6.07 Å². The number of para-hydroxylation sites is 1. The molecule has 1 heterocycles. The third kappa shape index (κ3) is 4.50. The van der Waals surface area contributed by atoms with Crippen molar-refractivity contribution < 1.29 is 9.72 Å². The van der Waals surface area contributed by atoms with Gasteiger partial charge in [0, 0.05) is 10.9 Å². The molecule has 1 aliphatic rings. The summed E-state index contributed by atoms with van der Waals surface area (Å²) >= 11 is 6.72. The zero-order chi connectivity index (χ0) is 22.1. The number of nitro groups is 1. The summed E-state index contributed by atoms with van der Waals surface area (Å²) in [6.07, 6.45) is 2.78. The Bertz CT molecular complexity index is 1060. The number of hydrogen-bond donors (Lipinski definition) is 2. The molecule has 1 aliphatic carbocycles. The van der Waals surface area contributed by atoms with Crippen LogP contribution in [0.2, 0.25) is 0 Å². The molecule has 3 rings (SSSR count).